The van der Waals surface area contributed by atoms with Crippen LogP contribution in [-0.2, 0) is 47.7 Å². The lowest BCUT2D eigenvalue weighted by molar-refractivity contribution is -0.189. The first-order valence-corrected chi connectivity index (χ1v) is 9.61. The van der Waals surface area contributed by atoms with E-state index in [9.17, 15) is 33.9 Å². The lowest BCUT2D eigenvalue weighted by atomic mass is 9.95. The monoisotopic (exact) mass is 460 g/mol. The van der Waals surface area contributed by atoms with Crippen molar-refractivity contribution in [2.24, 2.45) is 0 Å². The van der Waals surface area contributed by atoms with Crippen molar-refractivity contribution in [3.8, 4) is 0 Å². The summed E-state index contributed by atoms with van der Waals surface area (Å²) in [7, 11) is 0. The van der Waals surface area contributed by atoms with Gasteiger partial charge in [0.1, 0.15) is 6.10 Å². The molecular weight excluding hydrogens is 432 g/mol. The van der Waals surface area contributed by atoms with Crippen molar-refractivity contribution >= 4 is 35.6 Å². The number of carboxylic acid groups (broad SMARTS) is 1. The van der Waals surface area contributed by atoms with Crippen LogP contribution in [-0.4, -0.2) is 76.4 Å². The molecule has 0 aromatic heterocycles. The van der Waals surface area contributed by atoms with Gasteiger partial charge in [-0.3, -0.25) is 24.0 Å². The standard InChI is InChI=1S/C20H28O12/c1-6-7-14(29-10(2)21)17(27)19(31-12(4)23)20(32-13(5)24)18(28)15(30-11(3)22)8-9-16(25)26/h8-9,14-15,18-20,28H,6-7H2,1-5H3,(H,25,26)/b9-8-/t14-,15+,18-,19+,20-/m1/s1. The van der Waals surface area contributed by atoms with Gasteiger partial charge in [-0.1, -0.05) is 13.3 Å². The second-order valence-corrected chi connectivity index (χ2v) is 6.66. The van der Waals surface area contributed by atoms with Gasteiger partial charge in [0.15, 0.2) is 18.3 Å². The molecule has 0 unspecified atom stereocenters. The highest BCUT2D eigenvalue weighted by atomic mass is 16.6. The molecule has 0 saturated heterocycles. The smallest absolute Gasteiger partial charge is 0.328 e. The number of carboxylic acids is 1. The minimum atomic E-state index is -2.04. The van der Waals surface area contributed by atoms with Crippen LogP contribution in [0, 0.1) is 0 Å². The number of ketones is 1. The van der Waals surface area contributed by atoms with E-state index in [1.54, 1.807) is 6.92 Å². The Bertz CT molecular complexity index is 741. The zero-order valence-corrected chi connectivity index (χ0v) is 18.4. The number of carbonyl (C=O) groups excluding carboxylic acids is 5. The van der Waals surface area contributed by atoms with Crippen LogP contribution in [0.15, 0.2) is 12.2 Å². The molecule has 0 radical (unpaired) electrons. The normalized spacial score (nSPS) is 15.6. The average Bonchev–Trinajstić information content (AvgIpc) is 2.65. The van der Waals surface area contributed by atoms with E-state index in [0.717, 1.165) is 33.8 Å². The lowest BCUT2D eigenvalue weighted by Crippen LogP contribution is -2.54. The Hall–Kier alpha value is -3.28. The second kappa shape index (κ2) is 13.9. The maximum absolute atomic E-state index is 13.1. The molecule has 0 spiro atoms. The van der Waals surface area contributed by atoms with Crippen molar-refractivity contribution < 1.29 is 57.9 Å². The zero-order valence-electron chi connectivity index (χ0n) is 18.4. The van der Waals surface area contributed by atoms with Gasteiger partial charge in [0.05, 0.1) is 0 Å². The predicted octanol–water partition coefficient (Wildman–Crippen LogP) is 0.0841. The molecule has 0 amide bonds. The van der Waals surface area contributed by atoms with Crippen LogP contribution in [0.3, 0.4) is 0 Å². The van der Waals surface area contributed by atoms with Crippen molar-refractivity contribution in [1.82, 2.24) is 0 Å². The number of Topliss-reactive ketones (excluding diaryl/α,β-unsaturated/α-hetero) is 1. The van der Waals surface area contributed by atoms with Gasteiger partial charge < -0.3 is 29.2 Å². The van der Waals surface area contributed by atoms with Crippen LogP contribution in [0.1, 0.15) is 47.5 Å². The Morgan fingerprint density at radius 1 is 0.812 bits per heavy atom. The van der Waals surface area contributed by atoms with Crippen LogP contribution in [0.25, 0.3) is 0 Å². The van der Waals surface area contributed by atoms with Crippen LogP contribution < -0.4 is 0 Å². The summed E-state index contributed by atoms with van der Waals surface area (Å²) in [6, 6.07) is 0. The van der Waals surface area contributed by atoms with E-state index in [0.29, 0.717) is 12.5 Å². The van der Waals surface area contributed by atoms with Crippen molar-refractivity contribution in [3.63, 3.8) is 0 Å². The summed E-state index contributed by atoms with van der Waals surface area (Å²) in [6.45, 7) is 5.62. The van der Waals surface area contributed by atoms with E-state index in [4.69, 9.17) is 24.1 Å². The molecule has 0 aliphatic carbocycles. The number of carbonyl (C=O) groups is 6. The summed E-state index contributed by atoms with van der Waals surface area (Å²) in [5.41, 5.74) is 0. The molecule has 12 nitrogen and oxygen atoms in total. The van der Waals surface area contributed by atoms with Gasteiger partial charge in [-0.25, -0.2) is 4.79 Å². The van der Waals surface area contributed by atoms with Crippen molar-refractivity contribution in [3.05, 3.63) is 12.2 Å². The average molecular weight is 460 g/mol. The first-order chi connectivity index (χ1) is 14.8. The van der Waals surface area contributed by atoms with Gasteiger partial charge in [-0.2, -0.15) is 0 Å². The highest BCUT2D eigenvalue weighted by Crippen LogP contribution is 2.21. The fourth-order valence-corrected chi connectivity index (χ4v) is 2.65. The van der Waals surface area contributed by atoms with E-state index in [2.05, 4.69) is 0 Å². The zero-order chi connectivity index (χ0) is 25.0. The first kappa shape index (κ1) is 28.7. The fourth-order valence-electron chi connectivity index (χ4n) is 2.65. The number of aliphatic carboxylic acids is 1. The van der Waals surface area contributed by atoms with Gasteiger partial charge in [0.2, 0.25) is 11.9 Å². The maximum atomic E-state index is 13.1. The molecule has 12 heteroatoms. The molecule has 0 saturated carbocycles. The summed E-state index contributed by atoms with van der Waals surface area (Å²) in [6.07, 6.45) is -7.25. The highest BCUT2D eigenvalue weighted by molar-refractivity contribution is 5.91. The second-order valence-electron chi connectivity index (χ2n) is 6.66. The summed E-state index contributed by atoms with van der Waals surface area (Å²) in [5, 5.41) is 19.6. The number of esters is 4. The molecule has 5 atom stereocenters. The van der Waals surface area contributed by atoms with Crippen LogP contribution in [0.4, 0.5) is 0 Å². The molecule has 0 fully saturated rings. The molecule has 180 valence electrons. The third-order valence-corrected chi connectivity index (χ3v) is 3.75. The van der Waals surface area contributed by atoms with E-state index in [-0.39, 0.29) is 6.42 Å². The van der Waals surface area contributed by atoms with E-state index in [1.165, 1.54) is 0 Å². The van der Waals surface area contributed by atoms with Gasteiger partial charge in [0.25, 0.3) is 0 Å². The Kier molecular flexibility index (Phi) is 12.5. The SMILES string of the molecule is CCC[C@@H](OC(C)=O)C(=O)[C@H](OC(C)=O)[C@H](OC(C)=O)[C@H](O)[C@H](/C=C\C(=O)O)OC(C)=O. The number of hydrogen-bond donors (Lipinski definition) is 2. The Labute approximate surface area is 184 Å². The molecule has 0 aromatic carbocycles. The van der Waals surface area contributed by atoms with Gasteiger partial charge in [-0.05, 0) is 12.5 Å². The molecule has 0 heterocycles. The molecule has 0 aliphatic rings. The van der Waals surface area contributed by atoms with Crippen LogP contribution in [0.2, 0.25) is 0 Å². The summed E-state index contributed by atoms with van der Waals surface area (Å²) >= 11 is 0. The number of aliphatic hydroxyl groups excluding tert-OH is 1. The highest BCUT2D eigenvalue weighted by Gasteiger charge is 2.45. The van der Waals surface area contributed by atoms with Gasteiger partial charge in [-0.15, -0.1) is 0 Å². The molecule has 0 aromatic rings. The topological polar surface area (TPSA) is 180 Å². The third kappa shape index (κ3) is 10.7. The number of aliphatic hydroxyl groups is 1. The van der Waals surface area contributed by atoms with Gasteiger partial charge in [0, 0.05) is 33.8 Å². The minimum Gasteiger partial charge on any atom is -0.478 e. The predicted molar refractivity (Wildman–Crippen MR) is 105 cm³/mol. The Morgan fingerprint density at radius 3 is 1.72 bits per heavy atom. The molecule has 32 heavy (non-hydrogen) atoms. The Balaban J connectivity index is 6.35. The number of rotatable bonds is 13. The Morgan fingerprint density at radius 2 is 1.31 bits per heavy atom. The number of ether oxygens (including phenoxy) is 4. The van der Waals surface area contributed by atoms with E-state index in [1.807, 2.05) is 0 Å². The van der Waals surface area contributed by atoms with Crippen LogP contribution in [0.5, 0.6) is 0 Å². The molecule has 0 bridgehead atoms. The van der Waals surface area contributed by atoms with E-state index >= 15 is 0 Å². The molecular formula is C20H28O12. The van der Waals surface area contributed by atoms with Crippen LogP contribution >= 0.6 is 0 Å². The van der Waals surface area contributed by atoms with Crippen molar-refractivity contribution in [2.45, 2.75) is 78.0 Å². The third-order valence-electron chi connectivity index (χ3n) is 3.75. The van der Waals surface area contributed by atoms with E-state index < -0.39 is 66.1 Å². The minimum absolute atomic E-state index is 0.0331. The summed E-state index contributed by atoms with van der Waals surface area (Å²) in [5.74, 6) is -6.15. The largest absolute Gasteiger partial charge is 0.478 e. The molecule has 0 rings (SSSR count). The lowest BCUT2D eigenvalue weighted by Gasteiger charge is -2.33. The summed E-state index contributed by atoms with van der Waals surface area (Å²) in [4.78, 5) is 70.0. The van der Waals surface area contributed by atoms with Crippen molar-refractivity contribution in [1.29, 1.82) is 0 Å². The summed E-state index contributed by atoms with van der Waals surface area (Å²) < 4.78 is 19.8. The molecule has 2 N–H and O–H groups in total. The first-order valence-electron chi connectivity index (χ1n) is 9.61. The number of hydrogen-bond acceptors (Lipinski definition) is 11. The van der Waals surface area contributed by atoms with Crippen molar-refractivity contribution in [2.75, 3.05) is 0 Å². The fraction of sp³-hybridized carbons (Fsp3) is 0.600. The quantitative estimate of drug-likeness (QED) is 0.215. The maximum Gasteiger partial charge on any atom is 0.328 e. The van der Waals surface area contributed by atoms with Gasteiger partial charge >= 0.3 is 29.8 Å². The molecule has 0 aliphatic heterocycles.